The Kier molecular flexibility index (Phi) is 5.52. The van der Waals surface area contributed by atoms with E-state index in [2.05, 4.69) is 15.5 Å². The summed E-state index contributed by atoms with van der Waals surface area (Å²) in [6.07, 6.45) is 1.45. The normalized spacial score (nSPS) is 9.95. The molecule has 0 aliphatic heterocycles. The Morgan fingerprint density at radius 2 is 2.16 bits per heavy atom. The van der Waals surface area contributed by atoms with Gasteiger partial charge in [0.05, 0.1) is 12.8 Å². The van der Waals surface area contributed by atoms with Gasteiger partial charge >= 0.3 is 11.9 Å². The number of amides is 1. The maximum Gasteiger partial charge on any atom is 0.343 e. The zero-order chi connectivity index (χ0) is 14.3. The van der Waals surface area contributed by atoms with Crippen LogP contribution in [0.25, 0.3) is 0 Å². The van der Waals surface area contributed by atoms with Crippen molar-refractivity contribution < 1.29 is 24.2 Å². The number of carboxylic acid groups (broad SMARTS) is 1. The van der Waals surface area contributed by atoms with Gasteiger partial charge in [0.2, 0.25) is 5.91 Å². The van der Waals surface area contributed by atoms with Crippen molar-refractivity contribution in [2.45, 2.75) is 26.2 Å². The summed E-state index contributed by atoms with van der Waals surface area (Å²) in [5.74, 6) is -1.78. The number of nitrogens with one attached hydrogen (secondary N) is 2. The number of aromatic nitrogens is 2. The van der Waals surface area contributed by atoms with Crippen molar-refractivity contribution in [3.8, 4) is 0 Å². The molecule has 8 nitrogen and oxygen atoms in total. The second-order valence-electron chi connectivity index (χ2n) is 3.67. The molecule has 0 saturated heterocycles. The van der Waals surface area contributed by atoms with Gasteiger partial charge in [-0.25, -0.2) is 4.79 Å². The molecule has 8 heteroatoms. The third kappa shape index (κ3) is 4.78. The molecule has 1 rings (SSSR count). The molecule has 0 saturated carbocycles. The molecule has 0 radical (unpaired) electrons. The Morgan fingerprint density at radius 3 is 2.79 bits per heavy atom. The van der Waals surface area contributed by atoms with Crippen molar-refractivity contribution in [2.24, 2.45) is 0 Å². The van der Waals surface area contributed by atoms with E-state index in [0.29, 0.717) is 0 Å². The van der Waals surface area contributed by atoms with Crippen molar-refractivity contribution in [1.29, 1.82) is 0 Å². The molecule has 0 aliphatic rings. The number of aromatic amines is 1. The minimum absolute atomic E-state index is 0.0492. The highest BCUT2D eigenvalue weighted by Gasteiger charge is 2.16. The lowest BCUT2D eigenvalue weighted by Crippen LogP contribution is -2.15. The molecule has 1 aromatic rings. The maximum atomic E-state index is 11.5. The number of rotatable bonds is 7. The molecule has 0 atom stereocenters. The van der Waals surface area contributed by atoms with Crippen LogP contribution in [0.2, 0.25) is 0 Å². The number of hydrogen-bond donors (Lipinski definition) is 3. The van der Waals surface area contributed by atoms with Crippen molar-refractivity contribution in [3.05, 3.63) is 11.8 Å². The van der Waals surface area contributed by atoms with Crippen molar-refractivity contribution in [1.82, 2.24) is 10.2 Å². The molecule has 19 heavy (non-hydrogen) atoms. The number of carbonyl (C=O) groups is 3. The molecule has 0 aliphatic carbocycles. The van der Waals surface area contributed by atoms with Gasteiger partial charge in [-0.2, -0.15) is 5.10 Å². The molecule has 104 valence electrons. The Morgan fingerprint density at radius 1 is 1.42 bits per heavy atom. The minimum Gasteiger partial charge on any atom is -0.481 e. The van der Waals surface area contributed by atoms with Crippen LogP contribution in [0.3, 0.4) is 0 Å². The standard InChI is InChI=1S/C11H15N3O5/c1-2-19-11(18)7-6-12-14-10(7)13-8(15)4-3-5-9(16)17/h6H,2-5H2,1H3,(H,16,17)(H2,12,13,14,15). The summed E-state index contributed by atoms with van der Waals surface area (Å²) in [7, 11) is 0. The van der Waals surface area contributed by atoms with Gasteiger partial charge < -0.3 is 15.2 Å². The SMILES string of the molecule is CCOC(=O)c1cn[nH]c1NC(=O)CCCC(=O)O. The van der Waals surface area contributed by atoms with Crippen LogP contribution in [-0.2, 0) is 14.3 Å². The van der Waals surface area contributed by atoms with E-state index in [1.807, 2.05) is 0 Å². The second kappa shape index (κ2) is 7.14. The van der Waals surface area contributed by atoms with Crippen LogP contribution in [0.1, 0.15) is 36.5 Å². The number of anilines is 1. The lowest BCUT2D eigenvalue weighted by atomic mass is 10.2. The number of carboxylic acids is 1. The van der Waals surface area contributed by atoms with Gasteiger partial charge in [-0.3, -0.25) is 14.7 Å². The first kappa shape index (κ1) is 14.7. The number of H-pyrrole nitrogens is 1. The molecular formula is C11H15N3O5. The van der Waals surface area contributed by atoms with E-state index in [9.17, 15) is 14.4 Å². The number of ether oxygens (including phenoxy) is 1. The molecule has 3 N–H and O–H groups in total. The highest BCUT2D eigenvalue weighted by atomic mass is 16.5. The zero-order valence-electron chi connectivity index (χ0n) is 10.4. The summed E-state index contributed by atoms with van der Waals surface area (Å²) in [6.45, 7) is 1.89. The summed E-state index contributed by atoms with van der Waals surface area (Å²) < 4.78 is 4.79. The molecule has 0 aromatic carbocycles. The average Bonchev–Trinajstić information content (AvgIpc) is 2.76. The number of carbonyl (C=O) groups excluding carboxylic acids is 2. The average molecular weight is 269 g/mol. The van der Waals surface area contributed by atoms with Gasteiger partial charge in [0.1, 0.15) is 11.4 Å². The Labute approximate surface area is 109 Å². The van der Waals surface area contributed by atoms with E-state index < -0.39 is 17.8 Å². The van der Waals surface area contributed by atoms with E-state index in [1.54, 1.807) is 6.92 Å². The fourth-order valence-electron chi connectivity index (χ4n) is 1.35. The molecule has 1 aromatic heterocycles. The van der Waals surface area contributed by atoms with Crippen LogP contribution < -0.4 is 5.32 Å². The van der Waals surface area contributed by atoms with E-state index >= 15 is 0 Å². The van der Waals surface area contributed by atoms with Gasteiger partial charge in [0.15, 0.2) is 0 Å². The topological polar surface area (TPSA) is 121 Å². The van der Waals surface area contributed by atoms with Crippen LogP contribution in [0.5, 0.6) is 0 Å². The molecule has 1 heterocycles. The molecule has 0 spiro atoms. The number of nitrogens with zero attached hydrogens (tertiary/aromatic N) is 1. The minimum atomic E-state index is -0.957. The van der Waals surface area contributed by atoms with E-state index in [1.165, 1.54) is 6.20 Å². The van der Waals surface area contributed by atoms with Gasteiger partial charge in [-0.05, 0) is 13.3 Å². The summed E-state index contributed by atoms with van der Waals surface area (Å²) in [5.41, 5.74) is 0.133. The summed E-state index contributed by atoms with van der Waals surface area (Å²) in [5, 5.41) is 17.0. The van der Waals surface area contributed by atoms with Crippen molar-refractivity contribution in [3.63, 3.8) is 0 Å². The van der Waals surface area contributed by atoms with Gasteiger partial charge in [0.25, 0.3) is 0 Å². The van der Waals surface area contributed by atoms with Crippen molar-refractivity contribution >= 4 is 23.7 Å². The second-order valence-corrected chi connectivity index (χ2v) is 3.67. The summed E-state index contributed by atoms with van der Waals surface area (Å²) in [4.78, 5) is 33.3. The quantitative estimate of drug-likeness (QED) is 0.629. The van der Waals surface area contributed by atoms with Crippen LogP contribution in [0, 0.1) is 0 Å². The zero-order valence-corrected chi connectivity index (χ0v) is 10.4. The number of esters is 1. The molecule has 0 unspecified atom stereocenters. The Hall–Kier alpha value is -2.38. The summed E-state index contributed by atoms with van der Waals surface area (Å²) in [6, 6.07) is 0. The van der Waals surface area contributed by atoms with E-state index in [-0.39, 0.29) is 37.3 Å². The molecule has 0 bridgehead atoms. The fraction of sp³-hybridized carbons (Fsp3) is 0.455. The first-order valence-electron chi connectivity index (χ1n) is 5.76. The van der Waals surface area contributed by atoms with E-state index in [4.69, 9.17) is 9.84 Å². The number of aliphatic carboxylic acids is 1. The predicted octanol–water partition coefficient (Wildman–Crippen LogP) is 0.780. The third-order valence-electron chi connectivity index (χ3n) is 2.19. The fourth-order valence-corrected chi connectivity index (χ4v) is 1.35. The smallest absolute Gasteiger partial charge is 0.343 e. The monoisotopic (exact) mass is 269 g/mol. The highest BCUT2D eigenvalue weighted by Crippen LogP contribution is 2.13. The molecule has 1 amide bonds. The maximum absolute atomic E-state index is 11.5. The number of hydrogen-bond acceptors (Lipinski definition) is 5. The highest BCUT2D eigenvalue weighted by molar-refractivity contribution is 5.99. The molecule has 0 fully saturated rings. The lowest BCUT2D eigenvalue weighted by Gasteiger charge is -2.05. The lowest BCUT2D eigenvalue weighted by molar-refractivity contribution is -0.137. The van der Waals surface area contributed by atoms with Gasteiger partial charge in [-0.15, -0.1) is 0 Å². The Bertz CT molecular complexity index is 469. The third-order valence-corrected chi connectivity index (χ3v) is 2.19. The van der Waals surface area contributed by atoms with Gasteiger partial charge in [-0.1, -0.05) is 0 Å². The molecular weight excluding hydrogens is 254 g/mol. The van der Waals surface area contributed by atoms with Crippen molar-refractivity contribution in [2.75, 3.05) is 11.9 Å². The van der Waals surface area contributed by atoms with Crippen LogP contribution in [-0.4, -0.2) is 39.8 Å². The van der Waals surface area contributed by atoms with E-state index in [0.717, 1.165) is 0 Å². The largest absolute Gasteiger partial charge is 0.481 e. The Balaban J connectivity index is 2.53. The predicted molar refractivity (Wildman–Crippen MR) is 64.7 cm³/mol. The first-order chi connectivity index (χ1) is 9.04. The van der Waals surface area contributed by atoms with Crippen LogP contribution >= 0.6 is 0 Å². The van der Waals surface area contributed by atoms with Crippen LogP contribution in [0.4, 0.5) is 5.82 Å². The van der Waals surface area contributed by atoms with Crippen LogP contribution in [0.15, 0.2) is 6.20 Å². The summed E-state index contributed by atoms with van der Waals surface area (Å²) >= 11 is 0. The first-order valence-corrected chi connectivity index (χ1v) is 5.76. The van der Waals surface area contributed by atoms with Gasteiger partial charge in [0, 0.05) is 12.8 Å².